The zero-order valence-electron chi connectivity index (χ0n) is 11.8. The summed E-state index contributed by atoms with van der Waals surface area (Å²) in [5.74, 6) is 2.75. The zero-order chi connectivity index (χ0) is 15.4. The fraction of sp³-hybridized carbons (Fsp3) is 0.200. The number of methoxy groups -OCH3 is 1. The molecule has 0 saturated carbocycles. The Morgan fingerprint density at radius 1 is 1.32 bits per heavy atom. The number of hydrogen-bond acceptors (Lipinski definition) is 6. The van der Waals surface area contributed by atoms with Gasteiger partial charge >= 0.3 is 0 Å². The Hall–Kier alpha value is -1.86. The van der Waals surface area contributed by atoms with Crippen molar-refractivity contribution in [2.45, 2.75) is 11.5 Å². The average Bonchev–Trinajstić information content (AvgIpc) is 3.18. The van der Waals surface area contributed by atoms with Crippen LogP contribution < -0.4 is 4.74 Å². The Kier molecular flexibility index (Phi) is 4.74. The summed E-state index contributed by atoms with van der Waals surface area (Å²) >= 11 is 3.14. The molecule has 0 radical (unpaired) electrons. The van der Waals surface area contributed by atoms with Gasteiger partial charge in [-0.2, -0.15) is 4.98 Å². The van der Waals surface area contributed by atoms with E-state index in [0.29, 0.717) is 29.0 Å². The first-order valence-corrected chi connectivity index (χ1v) is 8.56. The van der Waals surface area contributed by atoms with Crippen LogP contribution >= 0.6 is 23.1 Å². The number of aromatic nitrogens is 2. The summed E-state index contributed by atoms with van der Waals surface area (Å²) in [6.45, 7) is 0. The number of thiophene rings is 1. The molecular formula is C15H13FN2O2S2. The molecule has 0 N–H and O–H groups in total. The highest BCUT2D eigenvalue weighted by molar-refractivity contribution is 7.97. The van der Waals surface area contributed by atoms with Crippen LogP contribution in [0.2, 0.25) is 0 Å². The summed E-state index contributed by atoms with van der Waals surface area (Å²) in [5.41, 5.74) is 0.811. The molecule has 0 aliphatic rings. The first kappa shape index (κ1) is 15.1. The van der Waals surface area contributed by atoms with E-state index in [4.69, 9.17) is 9.26 Å². The fourth-order valence-electron chi connectivity index (χ4n) is 1.93. The van der Waals surface area contributed by atoms with E-state index < -0.39 is 0 Å². The average molecular weight is 336 g/mol. The maximum atomic E-state index is 13.3. The van der Waals surface area contributed by atoms with Gasteiger partial charge in [0.25, 0.3) is 0 Å². The third-order valence-electron chi connectivity index (χ3n) is 2.94. The lowest BCUT2D eigenvalue weighted by Crippen LogP contribution is -1.92. The van der Waals surface area contributed by atoms with Crippen molar-refractivity contribution >= 4 is 23.1 Å². The van der Waals surface area contributed by atoms with Crippen molar-refractivity contribution in [2.75, 3.05) is 7.11 Å². The first-order chi connectivity index (χ1) is 10.8. The standard InChI is InChI=1S/C15H13FN2O2S2/c1-19-12-5-4-11(16)7-10(12)8-21-9-14-17-15(18-20-14)13-3-2-6-22-13/h2-7H,8-9H2,1H3. The van der Waals surface area contributed by atoms with Crippen LogP contribution in [0.4, 0.5) is 4.39 Å². The van der Waals surface area contributed by atoms with Gasteiger partial charge in [0.05, 0.1) is 17.7 Å². The van der Waals surface area contributed by atoms with Crippen molar-refractivity contribution in [3.8, 4) is 16.5 Å². The van der Waals surface area contributed by atoms with Gasteiger partial charge in [0.1, 0.15) is 11.6 Å². The number of thioether (sulfide) groups is 1. The summed E-state index contributed by atoms with van der Waals surface area (Å²) in [6, 6.07) is 8.40. The highest BCUT2D eigenvalue weighted by Gasteiger charge is 2.10. The van der Waals surface area contributed by atoms with Crippen molar-refractivity contribution < 1.29 is 13.7 Å². The molecule has 7 heteroatoms. The normalized spacial score (nSPS) is 10.8. The van der Waals surface area contributed by atoms with Crippen molar-refractivity contribution in [1.82, 2.24) is 10.1 Å². The van der Waals surface area contributed by atoms with Gasteiger partial charge in [-0.25, -0.2) is 4.39 Å². The lowest BCUT2D eigenvalue weighted by Gasteiger charge is -2.07. The van der Waals surface area contributed by atoms with Gasteiger partial charge in [-0.05, 0) is 29.6 Å². The van der Waals surface area contributed by atoms with Crippen molar-refractivity contribution in [3.63, 3.8) is 0 Å². The molecule has 0 bridgehead atoms. The lowest BCUT2D eigenvalue weighted by molar-refractivity contribution is 0.391. The molecule has 3 aromatic rings. The Morgan fingerprint density at radius 2 is 2.23 bits per heavy atom. The van der Waals surface area contributed by atoms with Crippen LogP contribution in [0.3, 0.4) is 0 Å². The number of rotatable bonds is 6. The fourth-order valence-corrected chi connectivity index (χ4v) is 3.42. The molecule has 0 aliphatic carbocycles. The zero-order valence-corrected chi connectivity index (χ0v) is 13.4. The molecule has 1 aromatic carbocycles. The van der Waals surface area contributed by atoms with E-state index in [1.54, 1.807) is 36.3 Å². The third-order valence-corrected chi connectivity index (χ3v) is 4.77. The molecule has 0 fully saturated rings. The van der Waals surface area contributed by atoms with E-state index in [-0.39, 0.29) is 5.82 Å². The molecule has 4 nitrogen and oxygen atoms in total. The minimum atomic E-state index is -0.269. The van der Waals surface area contributed by atoms with E-state index >= 15 is 0 Å². The largest absolute Gasteiger partial charge is 0.496 e. The predicted octanol–water partition coefficient (Wildman–Crippen LogP) is 4.38. The van der Waals surface area contributed by atoms with Crippen LogP contribution in [0, 0.1) is 5.82 Å². The maximum absolute atomic E-state index is 13.3. The second-order valence-corrected chi connectivity index (χ2v) is 6.37. The lowest BCUT2D eigenvalue weighted by atomic mass is 10.2. The van der Waals surface area contributed by atoms with Crippen LogP contribution in [0.25, 0.3) is 10.7 Å². The van der Waals surface area contributed by atoms with E-state index in [0.717, 1.165) is 10.4 Å². The molecule has 0 atom stereocenters. The number of hydrogen-bond donors (Lipinski definition) is 0. The molecule has 0 aliphatic heterocycles. The predicted molar refractivity (Wildman–Crippen MR) is 85.6 cm³/mol. The Morgan fingerprint density at radius 3 is 3.00 bits per heavy atom. The summed E-state index contributed by atoms with van der Waals surface area (Å²) < 4.78 is 23.7. The second kappa shape index (κ2) is 6.93. The first-order valence-electron chi connectivity index (χ1n) is 6.53. The summed E-state index contributed by atoms with van der Waals surface area (Å²) in [5, 5.41) is 5.93. The highest BCUT2D eigenvalue weighted by atomic mass is 32.2. The van der Waals surface area contributed by atoms with E-state index in [2.05, 4.69) is 10.1 Å². The van der Waals surface area contributed by atoms with Gasteiger partial charge in [0.2, 0.25) is 11.7 Å². The monoisotopic (exact) mass is 336 g/mol. The topological polar surface area (TPSA) is 48.2 Å². The van der Waals surface area contributed by atoms with E-state index in [1.807, 2.05) is 17.5 Å². The van der Waals surface area contributed by atoms with Gasteiger partial charge in [-0.15, -0.1) is 23.1 Å². The molecule has 0 amide bonds. The van der Waals surface area contributed by atoms with Crippen molar-refractivity contribution in [3.05, 3.63) is 53.0 Å². The van der Waals surface area contributed by atoms with Crippen LogP contribution in [-0.4, -0.2) is 17.3 Å². The Balaban J connectivity index is 1.61. The van der Waals surface area contributed by atoms with Crippen LogP contribution in [0.1, 0.15) is 11.5 Å². The van der Waals surface area contributed by atoms with Crippen molar-refractivity contribution in [2.24, 2.45) is 0 Å². The number of benzene rings is 1. The van der Waals surface area contributed by atoms with Crippen molar-refractivity contribution in [1.29, 1.82) is 0 Å². The smallest absolute Gasteiger partial charge is 0.236 e. The molecule has 0 saturated heterocycles. The van der Waals surface area contributed by atoms with Crippen LogP contribution in [0.15, 0.2) is 40.2 Å². The van der Waals surface area contributed by atoms with Gasteiger partial charge < -0.3 is 9.26 Å². The second-order valence-electron chi connectivity index (χ2n) is 4.44. The molecule has 2 aromatic heterocycles. The number of nitrogens with zero attached hydrogens (tertiary/aromatic N) is 2. The molecule has 3 rings (SSSR count). The molecular weight excluding hydrogens is 323 g/mol. The third kappa shape index (κ3) is 3.48. The molecule has 114 valence electrons. The quantitative estimate of drug-likeness (QED) is 0.668. The van der Waals surface area contributed by atoms with Gasteiger partial charge in [0.15, 0.2) is 0 Å². The maximum Gasteiger partial charge on any atom is 0.236 e. The number of ether oxygens (including phenoxy) is 1. The minimum Gasteiger partial charge on any atom is -0.496 e. The molecule has 0 spiro atoms. The molecule has 0 unspecified atom stereocenters. The minimum absolute atomic E-state index is 0.269. The summed E-state index contributed by atoms with van der Waals surface area (Å²) in [6.07, 6.45) is 0. The van der Waals surface area contributed by atoms with Gasteiger partial charge in [-0.1, -0.05) is 11.2 Å². The summed E-state index contributed by atoms with van der Waals surface area (Å²) in [4.78, 5) is 5.33. The molecule has 2 heterocycles. The van der Waals surface area contributed by atoms with Gasteiger partial charge in [-0.3, -0.25) is 0 Å². The molecule has 22 heavy (non-hydrogen) atoms. The van der Waals surface area contributed by atoms with Crippen LogP contribution in [-0.2, 0) is 11.5 Å². The Labute approximate surface area is 135 Å². The SMILES string of the molecule is COc1ccc(F)cc1CSCc1nc(-c2cccs2)no1. The van der Waals surface area contributed by atoms with Crippen LogP contribution in [0.5, 0.6) is 5.75 Å². The Bertz CT molecular complexity index is 744. The highest BCUT2D eigenvalue weighted by Crippen LogP contribution is 2.27. The van der Waals surface area contributed by atoms with Gasteiger partial charge in [0, 0.05) is 11.3 Å². The summed E-state index contributed by atoms with van der Waals surface area (Å²) in [7, 11) is 1.58. The number of halogens is 1. The van der Waals surface area contributed by atoms with E-state index in [9.17, 15) is 4.39 Å². The van der Waals surface area contributed by atoms with E-state index in [1.165, 1.54) is 12.1 Å².